The van der Waals surface area contributed by atoms with Crippen LogP contribution >= 0.6 is 11.6 Å². The lowest BCUT2D eigenvalue weighted by Crippen LogP contribution is -2.09. The molecule has 0 spiro atoms. The second-order valence-electron chi connectivity index (χ2n) is 1.06. The zero-order chi connectivity index (χ0) is 5.70. The fourth-order valence-corrected chi connectivity index (χ4v) is 0.354. The molecule has 0 bridgehead atoms. The maximum Gasteiger partial charge on any atom is 0.242 e. The molecule has 41 valence electrons. The third-order valence-corrected chi connectivity index (χ3v) is 0.747. The van der Waals surface area contributed by atoms with Crippen molar-refractivity contribution in [3.8, 4) is 0 Å². The number of rotatable bonds is 2. The molecular weight excluding hydrogens is 114 g/mol. The molecule has 0 N–H and O–H groups in total. The summed E-state index contributed by atoms with van der Waals surface area (Å²) in [5, 5.41) is 3.35. The first kappa shape index (κ1) is 6.76. The van der Waals surface area contributed by atoms with Crippen molar-refractivity contribution < 1.29 is 4.79 Å². The average Bonchev–Trinajstić information content (AvgIpc) is 1.68. The molecule has 0 aliphatic carbocycles. The summed E-state index contributed by atoms with van der Waals surface area (Å²) in [7, 11) is 1.47. The van der Waals surface area contributed by atoms with E-state index in [2.05, 4.69) is 5.32 Å². The molecule has 0 heterocycles. The highest BCUT2D eigenvalue weighted by Crippen LogP contribution is 1.82. The zero-order valence-electron chi connectivity index (χ0n) is 4.15. The Labute approximate surface area is 47.8 Å². The van der Waals surface area contributed by atoms with Gasteiger partial charge in [0.05, 0.1) is 0 Å². The lowest BCUT2D eigenvalue weighted by molar-refractivity contribution is -0.120. The van der Waals surface area contributed by atoms with Gasteiger partial charge in [-0.15, -0.1) is 11.6 Å². The summed E-state index contributed by atoms with van der Waals surface area (Å²) in [5.74, 6) is 0.242. The number of amides is 1. The Bertz CT molecular complexity index is 64.7. The van der Waals surface area contributed by atoms with E-state index in [0.29, 0.717) is 12.3 Å². The topological polar surface area (TPSA) is 31.2 Å². The van der Waals surface area contributed by atoms with Gasteiger partial charge in [0.1, 0.15) is 0 Å². The van der Waals surface area contributed by atoms with Gasteiger partial charge in [0.2, 0.25) is 5.91 Å². The van der Waals surface area contributed by atoms with Gasteiger partial charge in [0.25, 0.3) is 0 Å². The molecule has 0 rings (SSSR count). The number of hydrogen-bond donors (Lipinski definition) is 0. The van der Waals surface area contributed by atoms with Crippen molar-refractivity contribution in [1.29, 1.82) is 0 Å². The van der Waals surface area contributed by atoms with Gasteiger partial charge in [-0.1, -0.05) is 0 Å². The molecule has 0 unspecified atom stereocenters. The standard InChI is InChI=1S/C4H7ClNO/c1-6-4(7)2-3-5/h2-3H2,1H3. The van der Waals surface area contributed by atoms with E-state index in [9.17, 15) is 4.79 Å². The summed E-state index contributed by atoms with van der Waals surface area (Å²) in [6.45, 7) is 0. The fraction of sp³-hybridized carbons (Fsp3) is 0.750. The van der Waals surface area contributed by atoms with Crippen molar-refractivity contribution in [2.45, 2.75) is 6.42 Å². The average molecular weight is 121 g/mol. The van der Waals surface area contributed by atoms with Crippen LogP contribution in [0.15, 0.2) is 0 Å². The van der Waals surface area contributed by atoms with Crippen LogP contribution in [0.1, 0.15) is 6.42 Å². The van der Waals surface area contributed by atoms with E-state index in [-0.39, 0.29) is 5.91 Å². The lowest BCUT2D eigenvalue weighted by atomic mass is 10.5. The van der Waals surface area contributed by atoms with Gasteiger partial charge < -0.3 is 0 Å². The number of halogens is 1. The third kappa shape index (κ3) is 3.59. The van der Waals surface area contributed by atoms with Crippen LogP contribution in [0, 0.1) is 0 Å². The number of hydrogen-bond acceptors (Lipinski definition) is 1. The molecule has 7 heavy (non-hydrogen) atoms. The Hall–Kier alpha value is -0.240. The van der Waals surface area contributed by atoms with Crippen molar-refractivity contribution in [3.63, 3.8) is 0 Å². The fourth-order valence-electron chi connectivity index (χ4n) is 0.193. The van der Waals surface area contributed by atoms with E-state index < -0.39 is 0 Å². The summed E-state index contributed by atoms with van der Waals surface area (Å²) in [6, 6.07) is 0. The smallest absolute Gasteiger partial charge is 0.242 e. The van der Waals surface area contributed by atoms with Crippen LogP contribution in [-0.2, 0) is 4.79 Å². The van der Waals surface area contributed by atoms with E-state index in [1.807, 2.05) is 0 Å². The molecule has 0 fully saturated rings. The minimum atomic E-state index is -0.130. The van der Waals surface area contributed by atoms with E-state index in [4.69, 9.17) is 11.6 Å². The minimum absolute atomic E-state index is 0.130. The highest BCUT2D eigenvalue weighted by Gasteiger charge is 1.93. The summed E-state index contributed by atoms with van der Waals surface area (Å²) in [4.78, 5) is 10.2. The SMILES string of the molecule is C[N]C(=O)CCCl. The van der Waals surface area contributed by atoms with Crippen LogP contribution in [0.4, 0.5) is 0 Å². The Morgan fingerprint density at radius 1 is 1.86 bits per heavy atom. The molecule has 0 aliphatic heterocycles. The highest BCUT2D eigenvalue weighted by molar-refractivity contribution is 6.18. The van der Waals surface area contributed by atoms with E-state index >= 15 is 0 Å². The van der Waals surface area contributed by atoms with Crippen LogP contribution in [0.2, 0.25) is 0 Å². The Morgan fingerprint density at radius 2 is 2.43 bits per heavy atom. The molecule has 0 atom stereocenters. The first-order valence-corrected chi connectivity index (χ1v) is 2.53. The Balaban J connectivity index is 3.00. The number of nitrogens with zero attached hydrogens (tertiary/aromatic N) is 1. The highest BCUT2D eigenvalue weighted by atomic mass is 35.5. The molecule has 3 heteroatoms. The quantitative estimate of drug-likeness (QED) is 0.485. The molecule has 0 aromatic rings. The van der Waals surface area contributed by atoms with Gasteiger partial charge in [-0.3, -0.25) is 10.1 Å². The summed E-state index contributed by atoms with van der Waals surface area (Å²) < 4.78 is 0. The molecule has 0 aromatic carbocycles. The van der Waals surface area contributed by atoms with Crippen molar-refractivity contribution in [3.05, 3.63) is 0 Å². The Kier molecular flexibility index (Phi) is 3.80. The molecule has 0 saturated carbocycles. The zero-order valence-corrected chi connectivity index (χ0v) is 4.90. The Morgan fingerprint density at radius 3 is 2.57 bits per heavy atom. The molecule has 0 aliphatic rings. The van der Waals surface area contributed by atoms with Crippen LogP contribution in [0.25, 0.3) is 0 Å². The second-order valence-corrected chi connectivity index (χ2v) is 1.43. The molecular formula is C4H7ClNO. The van der Waals surface area contributed by atoms with Gasteiger partial charge in [-0.25, -0.2) is 0 Å². The largest absolute Gasteiger partial charge is 0.273 e. The predicted octanol–water partition coefficient (Wildman–Crippen LogP) is 0.376. The van der Waals surface area contributed by atoms with Crippen LogP contribution in [0.5, 0.6) is 0 Å². The van der Waals surface area contributed by atoms with Gasteiger partial charge >= 0.3 is 0 Å². The maximum atomic E-state index is 10.2. The van der Waals surface area contributed by atoms with E-state index in [0.717, 1.165) is 0 Å². The van der Waals surface area contributed by atoms with Gasteiger partial charge in [-0.05, 0) is 0 Å². The van der Waals surface area contributed by atoms with Crippen molar-refractivity contribution in [2.75, 3.05) is 12.9 Å². The molecule has 1 amide bonds. The van der Waals surface area contributed by atoms with Crippen LogP contribution in [0.3, 0.4) is 0 Å². The first-order valence-electron chi connectivity index (χ1n) is 2.00. The number of carbonyl (C=O) groups excluding carboxylic acids is 1. The molecule has 1 radical (unpaired) electrons. The monoisotopic (exact) mass is 120 g/mol. The van der Waals surface area contributed by atoms with Crippen molar-refractivity contribution in [1.82, 2.24) is 5.32 Å². The van der Waals surface area contributed by atoms with Crippen molar-refractivity contribution >= 4 is 17.5 Å². The van der Waals surface area contributed by atoms with Gasteiger partial charge in [-0.2, -0.15) is 0 Å². The summed E-state index contributed by atoms with van der Waals surface area (Å²) >= 11 is 5.19. The maximum absolute atomic E-state index is 10.2. The number of carbonyl (C=O) groups is 1. The van der Waals surface area contributed by atoms with Crippen molar-refractivity contribution in [2.24, 2.45) is 0 Å². The third-order valence-electron chi connectivity index (χ3n) is 0.558. The molecule has 2 nitrogen and oxygen atoms in total. The summed E-state index contributed by atoms with van der Waals surface area (Å²) in [6.07, 6.45) is 0.359. The lowest BCUT2D eigenvalue weighted by Gasteiger charge is -1.86. The number of alkyl halides is 1. The predicted molar refractivity (Wildman–Crippen MR) is 28.4 cm³/mol. The summed E-state index contributed by atoms with van der Waals surface area (Å²) in [5.41, 5.74) is 0. The van der Waals surface area contributed by atoms with E-state index in [1.165, 1.54) is 7.05 Å². The molecule has 0 aromatic heterocycles. The van der Waals surface area contributed by atoms with Crippen LogP contribution in [-0.4, -0.2) is 18.8 Å². The van der Waals surface area contributed by atoms with Gasteiger partial charge in [0, 0.05) is 19.3 Å². The minimum Gasteiger partial charge on any atom is -0.273 e. The molecule has 0 saturated heterocycles. The van der Waals surface area contributed by atoms with Gasteiger partial charge in [0.15, 0.2) is 0 Å². The van der Waals surface area contributed by atoms with Crippen LogP contribution < -0.4 is 5.32 Å². The van der Waals surface area contributed by atoms with E-state index in [1.54, 1.807) is 0 Å². The first-order chi connectivity index (χ1) is 3.31. The normalized spacial score (nSPS) is 8.29. The second kappa shape index (κ2) is 3.93.